The fraction of sp³-hybridized carbons (Fsp3) is 0.444. The maximum absolute atomic E-state index is 12.8. The number of anilines is 1. The summed E-state index contributed by atoms with van der Waals surface area (Å²) in [5.41, 5.74) is 2.08. The maximum Gasteiger partial charge on any atom is 0.266 e. The number of nitrogens with zero attached hydrogens (tertiary/aromatic N) is 5. The van der Waals surface area contributed by atoms with Crippen LogP contribution < -0.4 is 9.64 Å². The number of hydrogen-bond donors (Lipinski definition) is 0. The van der Waals surface area contributed by atoms with Crippen molar-refractivity contribution >= 4 is 17.6 Å². The number of aryl methyl sites for hydroxylation is 2. The van der Waals surface area contributed by atoms with E-state index in [0.717, 1.165) is 17.8 Å². The van der Waals surface area contributed by atoms with Gasteiger partial charge in [0, 0.05) is 25.0 Å². The molecule has 2 aromatic rings. The van der Waals surface area contributed by atoms with E-state index in [4.69, 9.17) is 4.74 Å². The molecule has 1 saturated heterocycles. The smallest absolute Gasteiger partial charge is 0.266 e. The summed E-state index contributed by atoms with van der Waals surface area (Å²) in [6.45, 7) is 5.18. The monoisotopic (exact) mass is 355 g/mol. The Morgan fingerprint density at radius 3 is 3.00 bits per heavy atom. The van der Waals surface area contributed by atoms with Crippen molar-refractivity contribution in [3.63, 3.8) is 0 Å². The van der Waals surface area contributed by atoms with E-state index in [0.29, 0.717) is 24.7 Å². The maximum atomic E-state index is 12.8. The summed E-state index contributed by atoms with van der Waals surface area (Å²) in [5, 5.41) is 4.53. The minimum Gasteiger partial charge on any atom is -0.480 e. The highest BCUT2D eigenvalue weighted by Crippen LogP contribution is 2.29. The quantitative estimate of drug-likeness (QED) is 0.823. The van der Waals surface area contributed by atoms with Gasteiger partial charge in [-0.05, 0) is 38.5 Å². The molecular weight excluding hydrogens is 334 g/mol. The number of carbonyl (C=O) groups excluding carboxylic acids is 2. The molecule has 136 valence electrons. The Kier molecular flexibility index (Phi) is 4.10. The molecule has 2 aliphatic heterocycles. The van der Waals surface area contributed by atoms with Gasteiger partial charge >= 0.3 is 0 Å². The van der Waals surface area contributed by atoms with Crippen LogP contribution in [0, 0.1) is 13.8 Å². The van der Waals surface area contributed by atoms with E-state index in [2.05, 4.69) is 10.1 Å². The number of likely N-dealkylation sites (tertiary alicyclic amines) is 1. The Balaban J connectivity index is 1.46. The molecule has 0 bridgehead atoms. The summed E-state index contributed by atoms with van der Waals surface area (Å²) in [7, 11) is 0. The molecule has 0 saturated carbocycles. The summed E-state index contributed by atoms with van der Waals surface area (Å²) in [6.07, 6.45) is 2.45. The van der Waals surface area contributed by atoms with Gasteiger partial charge in [0.25, 0.3) is 5.91 Å². The molecule has 8 nitrogen and oxygen atoms in total. The average molecular weight is 355 g/mol. The number of pyridine rings is 1. The number of rotatable bonds is 3. The number of ether oxygens (including phenoxy) is 1. The van der Waals surface area contributed by atoms with Gasteiger partial charge in [0.2, 0.25) is 5.91 Å². The van der Waals surface area contributed by atoms with Crippen LogP contribution in [-0.2, 0) is 9.59 Å². The zero-order chi connectivity index (χ0) is 18.3. The molecule has 0 spiro atoms. The molecule has 0 unspecified atom stereocenters. The van der Waals surface area contributed by atoms with Crippen LogP contribution in [-0.4, -0.2) is 57.7 Å². The van der Waals surface area contributed by atoms with Gasteiger partial charge in [-0.3, -0.25) is 19.2 Å². The second-order valence-electron chi connectivity index (χ2n) is 6.75. The summed E-state index contributed by atoms with van der Waals surface area (Å²) < 4.78 is 7.37. The number of aromatic nitrogens is 3. The molecular formula is C18H21N5O3. The number of hydrogen-bond acceptors (Lipinski definition) is 5. The van der Waals surface area contributed by atoms with Crippen molar-refractivity contribution in [2.45, 2.75) is 26.3 Å². The molecule has 2 amide bonds. The summed E-state index contributed by atoms with van der Waals surface area (Å²) in [5.74, 6) is 0.605. The molecule has 0 N–H and O–H groups in total. The standard InChI is InChI=1S/C18H21N5O3/c1-12-8-13(2)23(20-12)14-5-7-21(9-14)16(24)10-22-17(25)11-26-15-4-3-6-19-18(15)22/h3-4,6,8,14H,5,7,9-11H2,1-2H3/t14-/m1/s1. The highest BCUT2D eigenvalue weighted by atomic mass is 16.5. The molecule has 0 radical (unpaired) electrons. The third-order valence-electron chi connectivity index (χ3n) is 4.86. The first-order chi connectivity index (χ1) is 12.5. The number of fused-ring (bicyclic) bond motifs is 1. The largest absolute Gasteiger partial charge is 0.480 e. The zero-order valence-electron chi connectivity index (χ0n) is 14.9. The predicted octanol–water partition coefficient (Wildman–Crippen LogP) is 1.09. The molecule has 0 aromatic carbocycles. The minimum atomic E-state index is -0.251. The van der Waals surface area contributed by atoms with Gasteiger partial charge in [0.15, 0.2) is 18.2 Å². The van der Waals surface area contributed by atoms with Gasteiger partial charge in [-0.15, -0.1) is 0 Å². The van der Waals surface area contributed by atoms with Gasteiger partial charge in [0.1, 0.15) is 6.54 Å². The van der Waals surface area contributed by atoms with Crippen molar-refractivity contribution in [2.24, 2.45) is 0 Å². The topological polar surface area (TPSA) is 80.6 Å². The van der Waals surface area contributed by atoms with E-state index in [1.165, 1.54) is 4.90 Å². The molecule has 1 fully saturated rings. The van der Waals surface area contributed by atoms with Crippen molar-refractivity contribution < 1.29 is 14.3 Å². The third kappa shape index (κ3) is 2.91. The fourth-order valence-corrected chi connectivity index (χ4v) is 3.62. The van der Waals surface area contributed by atoms with Crippen LogP contribution in [0.1, 0.15) is 23.9 Å². The first-order valence-corrected chi connectivity index (χ1v) is 8.71. The Morgan fingerprint density at radius 1 is 1.38 bits per heavy atom. The van der Waals surface area contributed by atoms with Crippen molar-refractivity contribution in [1.82, 2.24) is 19.7 Å². The number of amides is 2. The van der Waals surface area contributed by atoms with E-state index in [-0.39, 0.29) is 31.0 Å². The second kappa shape index (κ2) is 6.44. The minimum absolute atomic E-state index is 0.0178. The first kappa shape index (κ1) is 16.6. The van der Waals surface area contributed by atoms with E-state index >= 15 is 0 Å². The van der Waals surface area contributed by atoms with Gasteiger partial charge in [-0.2, -0.15) is 5.10 Å². The van der Waals surface area contributed by atoms with Gasteiger partial charge in [-0.25, -0.2) is 4.98 Å². The second-order valence-corrected chi connectivity index (χ2v) is 6.75. The lowest BCUT2D eigenvalue weighted by Gasteiger charge is -2.29. The third-order valence-corrected chi connectivity index (χ3v) is 4.86. The van der Waals surface area contributed by atoms with E-state index in [9.17, 15) is 9.59 Å². The lowest BCUT2D eigenvalue weighted by molar-refractivity contribution is -0.131. The zero-order valence-corrected chi connectivity index (χ0v) is 14.9. The molecule has 0 aliphatic carbocycles. The van der Waals surface area contributed by atoms with Gasteiger partial charge < -0.3 is 9.64 Å². The summed E-state index contributed by atoms with van der Waals surface area (Å²) >= 11 is 0. The summed E-state index contributed by atoms with van der Waals surface area (Å²) in [6, 6.07) is 5.72. The SMILES string of the molecule is Cc1cc(C)n([C@@H]2CCN(C(=O)CN3C(=O)COc4cccnc43)C2)n1. The fourth-order valence-electron chi connectivity index (χ4n) is 3.62. The Hall–Kier alpha value is -2.90. The van der Waals surface area contributed by atoms with Crippen molar-refractivity contribution in [3.05, 3.63) is 35.8 Å². The van der Waals surface area contributed by atoms with Crippen LogP contribution in [0.5, 0.6) is 5.75 Å². The van der Waals surface area contributed by atoms with Crippen molar-refractivity contribution in [2.75, 3.05) is 31.1 Å². The van der Waals surface area contributed by atoms with Crippen LogP contribution in [0.2, 0.25) is 0 Å². The highest BCUT2D eigenvalue weighted by molar-refractivity contribution is 6.01. The van der Waals surface area contributed by atoms with Crippen LogP contribution in [0.4, 0.5) is 5.82 Å². The molecule has 4 rings (SSSR count). The lowest BCUT2D eigenvalue weighted by atomic mass is 10.2. The molecule has 4 heterocycles. The Labute approximate surface area is 151 Å². The molecule has 26 heavy (non-hydrogen) atoms. The molecule has 8 heteroatoms. The van der Waals surface area contributed by atoms with E-state index < -0.39 is 0 Å². The Morgan fingerprint density at radius 2 is 2.23 bits per heavy atom. The van der Waals surface area contributed by atoms with Gasteiger partial charge in [0.05, 0.1) is 11.7 Å². The highest BCUT2D eigenvalue weighted by Gasteiger charge is 2.33. The van der Waals surface area contributed by atoms with Gasteiger partial charge in [-0.1, -0.05) is 0 Å². The summed E-state index contributed by atoms with van der Waals surface area (Å²) in [4.78, 5) is 32.4. The lowest BCUT2D eigenvalue weighted by Crippen LogP contribution is -2.46. The molecule has 2 aromatic heterocycles. The average Bonchev–Trinajstić information content (AvgIpc) is 3.23. The molecule has 1 atom stereocenters. The van der Waals surface area contributed by atoms with Crippen LogP contribution in [0.15, 0.2) is 24.4 Å². The number of carbonyl (C=O) groups is 2. The first-order valence-electron chi connectivity index (χ1n) is 8.71. The van der Waals surface area contributed by atoms with Crippen LogP contribution in [0.25, 0.3) is 0 Å². The van der Waals surface area contributed by atoms with E-state index in [1.54, 1.807) is 23.2 Å². The van der Waals surface area contributed by atoms with Crippen LogP contribution >= 0.6 is 0 Å². The normalized spacial score (nSPS) is 19.5. The van der Waals surface area contributed by atoms with Crippen molar-refractivity contribution in [3.8, 4) is 5.75 Å². The molecule has 2 aliphatic rings. The van der Waals surface area contributed by atoms with Crippen molar-refractivity contribution in [1.29, 1.82) is 0 Å². The van der Waals surface area contributed by atoms with E-state index in [1.807, 2.05) is 24.6 Å². The Bertz CT molecular complexity index is 862. The predicted molar refractivity (Wildman–Crippen MR) is 94.0 cm³/mol. The van der Waals surface area contributed by atoms with Crippen LogP contribution in [0.3, 0.4) is 0 Å².